The summed E-state index contributed by atoms with van der Waals surface area (Å²) in [5, 5.41) is 13.4. The second-order valence-electron chi connectivity index (χ2n) is 10.4. The molecular formula is C32H35NO7. The molecule has 1 aliphatic heterocycles. The van der Waals surface area contributed by atoms with E-state index in [0.717, 1.165) is 29.5 Å². The van der Waals surface area contributed by atoms with E-state index in [4.69, 9.17) is 18.9 Å². The van der Waals surface area contributed by atoms with E-state index in [-0.39, 0.29) is 11.9 Å². The van der Waals surface area contributed by atoms with Crippen molar-refractivity contribution in [1.82, 2.24) is 0 Å². The first-order chi connectivity index (χ1) is 19.3. The quantitative estimate of drug-likeness (QED) is 0.331. The minimum atomic E-state index is -1.10. The maximum absolute atomic E-state index is 12.3. The van der Waals surface area contributed by atoms with Gasteiger partial charge in [0.1, 0.15) is 22.6 Å². The van der Waals surface area contributed by atoms with Crippen LogP contribution in [0.15, 0.2) is 54.6 Å². The van der Waals surface area contributed by atoms with Gasteiger partial charge in [-0.3, -0.25) is 4.79 Å². The number of carbonyl (C=O) groups is 2. The third kappa shape index (κ3) is 5.55. The van der Waals surface area contributed by atoms with Crippen molar-refractivity contribution in [3.8, 4) is 22.6 Å². The predicted octanol–water partition coefficient (Wildman–Crippen LogP) is 5.30. The van der Waals surface area contributed by atoms with Crippen LogP contribution < -0.4 is 14.8 Å². The Balaban J connectivity index is 1.51. The fourth-order valence-electron chi connectivity index (χ4n) is 5.72. The molecule has 0 saturated carbocycles. The maximum Gasteiger partial charge on any atom is 0.329 e. The van der Waals surface area contributed by atoms with Gasteiger partial charge in [0.25, 0.3) is 0 Å². The number of ether oxygens (including phenoxy) is 4. The molecule has 40 heavy (non-hydrogen) atoms. The Labute approximate surface area is 234 Å². The van der Waals surface area contributed by atoms with Crippen LogP contribution in [0.25, 0.3) is 11.1 Å². The summed E-state index contributed by atoms with van der Waals surface area (Å²) in [6.45, 7) is 2.58. The molecule has 0 spiro atoms. The molecular weight excluding hydrogens is 510 g/mol. The third-order valence-electron chi connectivity index (χ3n) is 7.90. The number of rotatable bonds is 10. The first-order valence-electron chi connectivity index (χ1n) is 13.5. The smallest absolute Gasteiger partial charge is 0.329 e. The zero-order valence-corrected chi connectivity index (χ0v) is 23.1. The van der Waals surface area contributed by atoms with Gasteiger partial charge in [-0.05, 0) is 71.8 Å². The van der Waals surface area contributed by atoms with Gasteiger partial charge in [-0.25, -0.2) is 4.79 Å². The molecule has 1 fully saturated rings. The largest absolute Gasteiger partial charge is 0.496 e. The predicted molar refractivity (Wildman–Crippen MR) is 151 cm³/mol. The molecule has 2 N–H and O–H groups in total. The monoisotopic (exact) mass is 545 g/mol. The molecule has 3 aromatic carbocycles. The lowest BCUT2D eigenvalue weighted by molar-refractivity contribution is -0.145. The molecule has 8 heteroatoms. The number of aliphatic carboxylic acids is 1. The van der Waals surface area contributed by atoms with Crippen LogP contribution in [0.4, 0.5) is 5.69 Å². The molecule has 210 valence electrons. The fraction of sp³-hybridized carbons (Fsp3) is 0.375. The van der Waals surface area contributed by atoms with Gasteiger partial charge in [0, 0.05) is 31.7 Å². The van der Waals surface area contributed by atoms with E-state index in [9.17, 15) is 14.7 Å². The molecule has 2 aliphatic rings. The molecule has 0 atom stereocenters. The lowest BCUT2D eigenvalue weighted by Crippen LogP contribution is -2.50. The van der Waals surface area contributed by atoms with Gasteiger partial charge >= 0.3 is 5.97 Å². The van der Waals surface area contributed by atoms with Crippen molar-refractivity contribution in [3.05, 3.63) is 76.9 Å². The highest BCUT2D eigenvalue weighted by Crippen LogP contribution is 2.38. The van der Waals surface area contributed by atoms with Crippen LogP contribution >= 0.6 is 0 Å². The van der Waals surface area contributed by atoms with Crippen LogP contribution in [-0.4, -0.2) is 55.9 Å². The van der Waals surface area contributed by atoms with Gasteiger partial charge in [-0.15, -0.1) is 0 Å². The minimum Gasteiger partial charge on any atom is -0.496 e. The van der Waals surface area contributed by atoms with Crippen molar-refractivity contribution in [2.24, 2.45) is 0 Å². The molecule has 3 aromatic rings. The van der Waals surface area contributed by atoms with Crippen LogP contribution in [0.1, 0.15) is 46.8 Å². The summed E-state index contributed by atoms with van der Waals surface area (Å²) in [5.41, 5.74) is 5.16. The summed E-state index contributed by atoms with van der Waals surface area (Å²) >= 11 is 0. The number of Topliss-reactive ketones (excluding diaryl/α,β-unsaturated/α-hetero) is 1. The van der Waals surface area contributed by atoms with Crippen LogP contribution in [0, 0.1) is 0 Å². The molecule has 1 aliphatic carbocycles. The fourth-order valence-corrected chi connectivity index (χ4v) is 5.72. The van der Waals surface area contributed by atoms with E-state index in [1.807, 2.05) is 30.3 Å². The van der Waals surface area contributed by atoms with Crippen LogP contribution in [-0.2, 0) is 33.7 Å². The maximum atomic E-state index is 12.3. The first kappa shape index (κ1) is 27.7. The zero-order chi connectivity index (χ0) is 28.3. The van der Waals surface area contributed by atoms with Crippen molar-refractivity contribution >= 4 is 17.4 Å². The van der Waals surface area contributed by atoms with Crippen LogP contribution in [0.3, 0.4) is 0 Å². The average Bonchev–Trinajstić information content (AvgIpc) is 3.39. The highest BCUT2D eigenvalue weighted by molar-refractivity contribution is 6.00. The highest BCUT2D eigenvalue weighted by Gasteiger charge is 2.40. The lowest BCUT2D eigenvalue weighted by atomic mass is 9.89. The van der Waals surface area contributed by atoms with Gasteiger partial charge in [0.15, 0.2) is 5.78 Å². The Hall–Kier alpha value is -3.88. The lowest BCUT2D eigenvalue weighted by Gasteiger charge is -2.35. The van der Waals surface area contributed by atoms with Gasteiger partial charge in [0.05, 0.1) is 26.9 Å². The number of carboxylic acids is 1. The molecule has 1 saturated heterocycles. The molecule has 5 rings (SSSR count). The molecule has 0 radical (unpaired) electrons. The number of hydrogen-bond acceptors (Lipinski definition) is 7. The number of fused-ring (bicyclic) bond motifs is 1. The Bertz CT molecular complexity index is 1360. The Morgan fingerprint density at radius 2 is 1.60 bits per heavy atom. The van der Waals surface area contributed by atoms with Crippen LogP contribution in [0.5, 0.6) is 11.5 Å². The number of nitrogens with one attached hydrogen (secondary N) is 1. The van der Waals surface area contributed by atoms with Gasteiger partial charge in [0.2, 0.25) is 0 Å². The zero-order valence-electron chi connectivity index (χ0n) is 23.1. The second-order valence-corrected chi connectivity index (χ2v) is 10.4. The number of ketones is 1. The molecule has 0 aromatic heterocycles. The summed E-state index contributed by atoms with van der Waals surface area (Å²) in [6, 6.07) is 17.8. The van der Waals surface area contributed by atoms with Gasteiger partial charge in [-0.2, -0.15) is 0 Å². The number of carbonyl (C=O) groups excluding carboxylic acids is 1. The minimum absolute atomic E-state index is 0.0480. The summed E-state index contributed by atoms with van der Waals surface area (Å²) in [7, 11) is 3.05. The van der Waals surface area contributed by atoms with Crippen molar-refractivity contribution < 1.29 is 33.6 Å². The Kier molecular flexibility index (Phi) is 8.09. The van der Waals surface area contributed by atoms with Crippen molar-refractivity contribution in [3.63, 3.8) is 0 Å². The third-order valence-corrected chi connectivity index (χ3v) is 7.90. The molecule has 0 bridgehead atoms. The number of carboxylic acid groups (broad SMARTS) is 1. The van der Waals surface area contributed by atoms with E-state index < -0.39 is 11.5 Å². The number of methoxy groups -OCH3 is 2. The van der Waals surface area contributed by atoms with E-state index in [2.05, 4.69) is 29.6 Å². The number of anilines is 1. The second kappa shape index (κ2) is 11.7. The average molecular weight is 546 g/mol. The molecule has 8 nitrogen and oxygen atoms in total. The molecule has 0 unspecified atom stereocenters. The van der Waals surface area contributed by atoms with Gasteiger partial charge < -0.3 is 29.4 Å². The number of hydrogen-bond donors (Lipinski definition) is 2. The Morgan fingerprint density at radius 3 is 2.15 bits per heavy atom. The van der Waals surface area contributed by atoms with E-state index >= 15 is 0 Å². The summed E-state index contributed by atoms with van der Waals surface area (Å²) in [4.78, 5) is 24.6. The van der Waals surface area contributed by atoms with Crippen LogP contribution in [0.2, 0.25) is 0 Å². The van der Waals surface area contributed by atoms with Crippen molar-refractivity contribution in [2.45, 2.75) is 50.9 Å². The van der Waals surface area contributed by atoms with E-state index in [1.54, 1.807) is 0 Å². The van der Waals surface area contributed by atoms with E-state index in [1.165, 1.54) is 32.3 Å². The van der Waals surface area contributed by atoms with Crippen molar-refractivity contribution in [2.75, 3.05) is 32.8 Å². The molecule has 1 heterocycles. The SMILES string of the molecule is COc1cc(-c2ccc(NC3(C(=O)O)CCOCC3)cc2COC2Cc3ccccc3C2)cc(OC)c1C(C)=O. The summed E-state index contributed by atoms with van der Waals surface area (Å²) in [5.74, 6) is -0.196. The summed E-state index contributed by atoms with van der Waals surface area (Å²) in [6.07, 6.45) is 2.49. The first-order valence-corrected chi connectivity index (χ1v) is 13.5. The standard InChI is InChI=1S/C32H35NO7/c1-20(34)30-28(37-2)17-23(18-29(30)38-3)27-9-8-25(33-32(31(35)36)10-12-39-13-11-32)14-24(27)19-40-26-15-21-6-4-5-7-22(21)16-26/h4-9,14,17-18,26,33H,10-13,15-16,19H2,1-3H3,(H,35,36). The normalized spacial score (nSPS) is 16.3. The Morgan fingerprint density at radius 1 is 0.975 bits per heavy atom. The van der Waals surface area contributed by atoms with Gasteiger partial charge in [-0.1, -0.05) is 30.3 Å². The van der Waals surface area contributed by atoms with E-state index in [0.29, 0.717) is 55.4 Å². The highest BCUT2D eigenvalue weighted by atomic mass is 16.5. The molecule has 0 amide bonds. The number of benzene rings is 3. The summed E-state index contributed by atoms with van der Waals surface area (Å²) < 4.78 is 23.0. The topological polar surface area (TPSA) is 103 Å². The van der Waals surface area contributed by atoms with Crippen molar-refractivity contribution in [1.29, 1.82) is 0 Å².